The van der Waals surface area contributed by atoms with E-state index in [1.165, 1.54) is 38.2 Å². The molecular weight excluding hydrogens is 404 g/mol. The number of aliphatic imine (C=N–C) groups is 1. The third kappa shape index (κ3) is 4.45. The highest BCUT2D eigenvalue weighted by atomic mass is 19.4. The number of ether oxygens (including phenoxy) is 1. The molecule has 0 radical (unpaired) electrons. The minimum absolute atomic E-state index is 0.0957. The predicted molar refractivity (Wildman–Crippen MR) is 98.7 cm³/mol. The first-order valence-electron chi connectivity index (χ1n) is 8.84. The van der Waals surface area contributed by atoms with Gasteiger partial charge >= 0.3 is 6.18 Å². The van der Waals surface area contributed by atoms with E-state index in [9.17, 15) is 22.4 Å². The molecule has 2 aromatic heterocycles. The van der Waals surface area contributed by atoms with Gasteiger partial charge in [-0.3, -0.25) is 14.8 Å². The van der Waals surface area contributed by atoms with Crippen LogP contribution in [0.25, 0.3) is 4.85 Å². The number of alkyl halides is 3. The zero-order chi connectivity index (χ0) is 22.1. The topological polar surface area (TPSA) is 68.8 Å². The minimum atomic E-state index is -4.65. The lowest BCUT2D eigenvalue weighted by molar-refractivity contribution is -0.208. The molecule has 10 heteroatoms. The first-order chi connectivity index (χ1) is 14.0. The summed E-state index contributed by atoms with van der Waals surface area (Å²) in [5.41, 5.74) is -1.37. The predicted octanol–water partition coefficient (Wildman–Crippen LogP) is 4.58. The molecule has 3 heterocycles. The van der Waals surface area contributed by atoms with Crippen LogP contribution in [0.5, 0.6) is 0 Å². The van der Waals surface area contributed by atoms with Crippen molar-refractivity contribution < 1.29 is 27.1 Å². The lowest BCUT2D eigenvalue weighted by Crippen LogP contribution is -2.43. The molecule has 0 spiro atoms. The summed E-state index contributed by atoms with van der Waals surface area (Å²) in [6.07, 6.45) is -6.42. The molecule has 0 amide bonds. The van der Waals surface area contributed by atoms with Gasteiger partial charge in [0, 0.05) is 25.2 Å². The Balaban J connectivity index is 1.90. The normalized spacial score (nSPS) is 21.4. The van der Waals surface area contributed by atoms with Crippen LogP contribution >= 0.6 is 0 Å². The number of rotatable bonds is 4. The Morgan fingerprint density at radius 2 is 2.07 bits per heavy atom. The lowest BCUT2D eigenvalue weighted by atomic mass is 9.88. The third-order valence-electron chi connectivity index (χ3n) is 4.58. The molecule has 0 fully saturated rings. The van der Waals surface area contributed by atoms with Crippen LogP contribution in [0.3, 0.4) is 0 Å². The summed E-state index contributed by atoms with van der Waals surface area (Å²) in [4.78, 5) is 27.7. The highest BCUT2D eigenvalue weighted by molar-refractivity contribution is 5.95. The Hall–Kier alpha value is -3.35. The van der Waals surface area contributed by atoms with Gasteiger partial charge in [0.1, 0.15) is 22.7 Å². The molecule has 0 saturated carbocycles. The van der Waals surface area contributed by atoms with Crippen molar-refractivity contribution in [1.29, 1.82) is 0 Å². The second-order valence-electron chi connectivity index (χ2n) is 7.00. The number of hydrogen-bond donors (Lipinski definition) is 0. The van der Waals surface area contributed by atoms with E-state index in [0.29, 0.717) is 0 Å². The van der Waals surface area contributed by atoms with Crippen LogP contribution < -0.4 is 0 Å². The highest BCUT2D eigenvalue weighted by Crippen LogP contribution is 2.40. The number of nitrogens with zero attached hydrogens (tertiary/aromatic N) is 4. The molecule has 30 heavy (non-hydrogen) atoms. The van der Waals surface area contributed by atoms with Crippen molar-refractivity contribution in [2.45, 2.75) is 44.5 Å². The molecule has 6 nitrogen and oxygen atoms in total. The molecule has 3 rings (SSSR count). The van der Waals surface area contributed by atoms with Crippen molar-refractivity contribution in [2.24, 2.45) is 4.99 Å². The Morgan fingerprint density at radius 1 is 1.33 bits per heavy atom. The molecule has 0 unspecified atom stereocenters. The minimum Gasteiger partial charge on any atom is -0.468 e. The number of carbonyl (C=O) groups excluding carboxylic acids is 1. The summed E-state index contributed by atoms with van der Waals surface area (Å²) in [6.45, 7) is 9.50. The quantitative estimate of drug-likeness (QED) is 0.413. The third-order valence-corrected chi connectivity index (χ3v) is 4.58. The molecule has 0 saturated heterocycles. The van der Waals surface area contributed by atoms with Gasteiger partial charge in [0.05, 0.1) is 13.0 Å². The molecule has 1 aliphatic rings. The van der Waals surface area contributed by atoms with Crippen LogP contribution in [0.1, 0.15) is 42.1 Å². The average Bonchev–Trinajstić information content (AvgIpc) is 2.68. The summed E-state index contributed by atoms with van der Waals surface area (Å²) < 4.78 is 58.9. The van der Waals surface area contributed by atoms with Gasteiger partial charge in [0.25, 0.3) is 0 Å². The van der Waals surface area contributed by atoms with Gasteiger partial charge in [0.15, 0.2) is 17.8 Å². The van der Waals surface area contributed by atoms with Crippen LogP contribution in [-0.2, 0) is 16.7 Å². The fraction of sp³-hybridized carbons (Fsp3) is 0.350. The van der Waals surface area contributed by atoms with Gasteiger partial charge in [-0.25, -0.2) is 14.2 Å². The molecular formula is C20H16F4N4O2. The van der Waals surface area contributed by atoms with Crippen LogP contribution in [0.4, 0.5) is 23.2 Å². The Kier molecular flexibility index (Phi) is 5.57. The van der Waals surface area contributed by atoms with E-state index in [4.69, 9.17) is 11.3 Å². The van der Waals surface area contributed by atoms with Crippen molar-refractivity contribution in [2.75, 3.05) is 0 Å². The van der Waals surface area contributed by atoms with Crippen LogP contribution in [0.15, 0.2) is 35.5 Å². The van der Waals surface area contributed by atoms with Gasteiger partial charge in [-0.2, -0.15) is 13.2 Å². The first-order valence-corrected chi connectivity index (χ1v) is 8.84. The summed E-state index contributed by atoms with van der Waals surface area (Å²) >= 11 is 0. The molecule has 0 N–H and O–H groups in total. The second-order valence-corrected chi connectivity index (χ2v) is 7.00. The monoisotopic (exact) mass is 420 g/mol. The Bertz CT molecular complexity index is 1040. The second kappa shape index (κ2) is 7.82. The van der Waals surface area contributed by atoms with E-state index in [1.807, 2.05) is 0 Å². The van der Waals surface area contributed by atoms with Crippen molar-refractivity contribution in [3.8, 4) is 0 Å². The SMILES string of the molecule is [C-]#[N+]c1ccc(C(=O)Cc2ccc(F)c([C@]3(C)C[C@@H](C(F)(F)F)OC(C)=N3)n2)nc1. The molecule has 2 aromatic rings. The van der Waals surface area contributed by atoms with Gasteiger partial charge in [-0.1, -0.05) is 6.07 Å². The van der Waals surface area contributed by atoms with Crippen LogP contribution in [0.2, 0.25) is 0 Å². The van der Waals surface area contributed by atoms with E-state index in [2.05, 4.69) is 19.8 Å². The fourth-order valence-corrected chi connectivity index (χ4v) is 3.19. The van der Waals surface area contributed by atoms with E-state index < -0.39 is 35.8 Å². The van der Waals surface area contributed by atoms with Gasteiger partial charge in [-0.05, 0) is 25.1 Å². The van der Waals surface area contributed by atoms with Gasteiger partial charge < -0.3 is 4.74 Å². The number of hydrogen-bond acceptors (Lipinski definition) is 5. The zero-order valence-corrected chi connectivity index (χ0v) is 16.0. The summed E-state index contributed by atoms with van der Waals surface area (Å²) in [5, 5.41) is 0. The van der Waals surface area contributed by atoms with E-state index in [0.717, 1.165) is 6.07 Å². The molecule has 0 bridgehead atoms. The van der Waals surface area contributed by atoms with Crippen LogP contribution in [0, 0.1) is 12.4 Å². The number of Topliss-reactive ketones (excluding diaryl/α,β-unsaturated/α-hetero) is 1. The molecule has 0 aromatic carbocycles. The molecule has 156 valence electrons. The van der Waals surface area contributed by atoms with Gasteiger partial charge in [0.2, 0.25) is 5.69 Å². The standard InChI is InChI=1S/C20H16F4N4O2/c1-11-28-19(2,9-17(30-11)20(22,23)24)18-14(21)6-4-12(27-18)8-16(29)15-7-5-13(25-3)10-26-15/h4-7,10,17H,8-9H2,1-2H3/t17-,19-/m0/s1. The summed E-state index contributed by atoms with van der Waals surface area (Å²) in [5.74, 6) is -1.48. The van der Waals surface area contributed by atoms with E-state index in [1.54, 1.807) is 0 Å². The Morgan fingerprint density at radius 3 is 2.67 bits per heavy atom. The molecule has 2 atom stereocenters. The zero-order valence-electron chi connectivity index (χ0n) is 16.0. The van der Waals surface area contributed by atoms with Gasteiger partial charge in [-0.15, -0.1) is 0 Å². The number of aromatic nitrogens is 2. The van der Waals surface area contributed by atoms with Crippen molar-refractivity contribution >= 4 is 17.4 Å². The fourth-order valence-electron chi connectivity index (χ4n) is 3.19. The smallest absolute Gasteiger partial charge is 0.425 e. The molecule has 0 aliphatic carbocycles. The first kappa shape index (κ1) is 21.4. The maximum absolute atomic E-state index is 14.5. The van der Waals surface area contributed by atoms with Crippen LogP contribution in [-0.4, -0.2) is 33.9 Å². The maximum atomic E-state index is 14.5. The number of pyridine rings is 2. The molecule has 1 aliphatic heterocycles. The number of ketones is 1. The van der Waals surface area contributed by atoms with E-state index >= 15 is 0 Å². The van der Waals surface area contributed by atoms with Crippen molar-refractivity contribution in [3.05, 3.63) is 64.8 Å². The number of halogens is 4. The number of carbonyl (C=O) groups is 1. The Labute approximate surface area is 169 Å². The summed E-state index contributed by atoms with van der Waals surface area (Å²) in [6, 6.07) is 5.16. The van der Waals surface area contributed by atoms with Crippen molar-refractivity contribution in [3.63, 3.8) is 0 Å². The average molecular weight is 420 g/mol. The van der Waals surface area contributed by atoms with E-state index in [-0.39, 0.29) is 35.1 Å². The lowest BCUT2D eigenvalue weighted by Gasteiger charge is -2.35. The highest BCUT2D eigenvalue weighted by Gasteiger charge is 2.50. The largest absolute Gasteiger partial charge is 0.468 e. The van der Waals surface area contributed by atoms with Crippen molar-refractivity contribution in [1.82, 2.24) is 9.97 Å². The maximum Gasteiger partial charge on any atom is 0.425 e. The summed E-state index contributed by atoms with van der Waals surface area (Å²) in [7, 11) is 0.